The van der Waals surface area contributed by atoms with Crippen LogP contribution in [0.3, 0.4) is 0 Å². The van der Waals surface area contributed by atoms with Crippen LogP contribution in [0, 0.1) is 5.82 Å². The molecule has 1 amide bonds. The van der Waals surface area contributed by atoms with Crippen molar-refractivity contribution >= 4 is 45.0 Å². The molecule has 9 nitrogen and oxygen atoms in total. The van der Waals surface area contributed by atoms with Crippen LogP contribution in [0.15, 0.2) is 96.2 Å². The molecule has 0 fully saturated rings. The van der Waals surface area contributed by atoms with E-state index >= 15 is 0 Å². The first-order valence-electron chi connectivity index (χ1n) is 12.9. The lowest BCUT2D eigenvalue weighted by molar-refractivity contribution is 0.102. The summed E-state index contributed by atoms with van der Waals surface area (Å²) in [6, 6.07) is 21.1. The number of hydrogen-bond donors (Lipinski definition) is 1. The normalized spacial score (nSPS) is 11.0. The average Bonchev–Trinajstić information content (AvgIpc) is 3.02. The minimum Gasteiger partial charge on any atom is -0.493 e. The molecule has 0 saturated heterocycles. The number of nitrogens with one attached hydrogen (secondary N) is 1. The van der Waals surface area contributed by atoms with Gasteiger partial charge < -0.3 is 24.1 Å². The summed E-state index contributed by atoms with van der Waals surface area (Å²) in [6.45, 7) is 0. The first-order chi connectivity index (χ1) is 20.9. The molecule has 2 aromatic heterocycles. The van der Waals surface area contributed by atoms with Crippen molar-refractivity contribution in [2.24, 2.45) is 0 Å². The third-order valence-electron chi connectivity index (χ3n) is 6.75. The summed E-state index contributed by atoms with van der Waals surface area (Å²) in [5, 5.41) is 3.59. The second kappa shape index (κ2) is 11.4. The zero-order chi connectivity index (χ0) is 30.1. The molecule has 6 rings (SSSR count). The van der Waals surface area contributed by atoms with Crippen LogP contribution >= 0.6 is 11.6 Å². The summed E-state index contributed by atoms with van der Waals surface area (Å²) >= 11 is 6.03. The second-order valence-electron chi connectivity index (χ2n) is 9.34. The van der Waals surface area contributed by atoms with E-state index in [9.17, 15) is 14.0 Å². The fraction of sp³-hybridized carbons (Fsp3) is 0.0625. The van der Waals surface area contributed by atoms with Crippen molar-refractivity contribution in [2.45, 2.75) is 0 Å². The van der Waals surface area contributed by atoms with Gasteiger partial charge in [0.15, 0.2) is 11.5 Å². The lowest BCUT2D eigenvalue weighted by Gasteiger charge is -2.15. The molecule has 11 heteroatoms. The van der Waals surface area contributed by atoms with Crippen LogP contribution in [0.2, 0.25) is 5.02 Å². The Balaban J connectivity index is 1.33. The lowest BCUT2D eigenvalue weighted by Crippen LogP contribution is -2.23. The molecule has 0 aliphatic carbocycles. The number of carbonyl (C=O) groups is 1. The Kier molecular flexibility index (Phi) is 7.35. The molecule has 0 radical (unpaired) electrons. The number of para-hydroxylation sites is 1. The largest absolute Gasteiger partial charge is 0.493 e. The van der Waals surface area contributed by atoms with Crippen molar-refractivity contribution in [3.05, 3.63) is 118 Å². The molecule has 43 heavy (non-hydrogen) atoms. The SMILES string of the molecule is COc1cc2ncnc(Oc3cccc(NC(=O)c4cn(-c5ccc(F)c(Cl)c5)c5ccccc5c4=O)c3)c2cc1OC. The molecule has 0 spiro atoms. The minimum atomic E-state index is -0.640. The molecule has 4 aromatic carbocycles. The molecule has 6 aromatic rings. The van der Waals surface area contributed by atoms with Crippen LogP contribution in [0.25, 0.3) is 27.5 Å². The van der Waals surface area contributed by atoms with Crippen LogP contribution in [0.4, 0.5) is 10.1 Å². The Morgan fingerprint density at radius 3 is 2.49 bits per heavy atom. The number of rotatable bonds is 7. The first-order valence-corrected chi connectivity index (χ1v) is 13.3. The van der Waals surface area contributed by atoms with Gasteiger partial charge in [0, 0.05) is 35.1 Å². The summed E-state index contributed by atoms with van der Waals surface area (Å²) in [5.41, 5.74) is 1.41. The molecule has 214 valence electrons. The van der Waals surface area contributed by atoms with E-state index in [2.05, 4.69) is 15.3 Å². The molecule has 0 bridgehead atoms. The maximum absolute atomic E-state index is 13.9. The van der Waals surface area contributed by atoms with Crippen LogP contribution in [0.1, 0.15) is 10.4 Å². The smallest absolute Gasteiger partial charge is 0.261 e. The number of anilines is 1. The van der Waals surface area contributed by atoms with Crippen molar-refractivity contribution in [2.75, 3.05) is 19.5 Å². The van der Waals surface area contributed by atoms with Crippen molar-refractivity contribution in [3.63, 3.8) is 0 Å². The van der Waals surface area contributed by atoms with Crippen LogP contribution in [-0.4, -0.2) is 34.7 Å². The van der Waals surface area contributed by atoms with Gasteiger partial charge in [-0.3, -0.25) is 9.59 Å². The van der Waals surface area contributed by atoms with Gasteiger partial charge in [0.05, 0.1) is 35.7 Å². The number of nitrogens with zero attached hydrogens (tertiary/aromatic N) is 3. The quantitative estimate of drug-likeness (QED) is 0.216. The molecular formula is C32H22ClFN4O5. The number of halogens is 2. The number of amides is 1. The zero-order valence-electron chi connectivity index (χ0n) is 22.8. The molecule has 0 atom stereocenters. The van der Waals surface area contributed by atoms with Crippen LogP contribution in [0.5, 0.6) is 23.1 Å². The van der Waals surface area contributed by atoms with E-state index in [1.165, 1.54) is 44.9 Å². The maximum atomic E-state index is 13.9. The third kappa shape index (κ3) is 5.31. The first kappa shape index (κ1) is 27.7. The Bertz CT molecular complexity index is 2100. The zero-order valence-corrected chi connectivity index (χ0v) is 23.6. The van der Waals surface area contributed by atoms with Crippen molar-refractivity contribution in [3.8, 4) is 28.8 Å². The number of pyridine rings is 1. The molecule has 0 unspecified atom stereocenters. The number of fused-ring (bicyclic) bond motifs is 2. The number of methoxy groups -OCH3 is 2. The summed E-state index contributed by atoms with van der Waals surface area (Å²) < 4.78 is 32.3. The highest BCUT2D eigenvalue weighted by Gasteiger charge is 2.18. The molecule has 2 heterocycles. The number of ether oxygens (including phenoxy) is 3. The molecule has 0 aliphatic heterocycles. The van der Waals surface area contributed by atoms with Crippen molar-refractivity contribution in [1.82, 2.24) is 14.5 Å². The summed E-state index contributed by atoms with van der Waals surface area (Å²) in [5.74, 6) is 0.428. The predicted molar refractivity (Wildman–Crippen MR) is 162 cm³/mol. The van der Waals surface area contributed by atoms with E-state index in [1.807, 2.05) is 0 Å². The minimum absolute atomic E-state index is 0.0860. The number of aromatic nitrogens is 3. The molecule has 0 aliphatic rings. The summed E-state index contributed by atoms with van der Waals surface area (Å²) in [4.78, 5) is 35.4. The summed E-state index contributed by atoms with van der Waals surface area (Å²) in [7, 11) is 3.06. The number of hydrogen-bond acceptors (Lipinski definition) is 7. The van der Waals surface area contributed by atoms with E-state index in [1.54, 1.807) is 65.2 Å². The van der Waals surface area contributed by atoms with E-state index in [4.69, 9.17) is 25.8 Å². The fourth-order valence-electron chi connectivity index (χ4n) is 4.68. The maximum Gasteiger partial charge on any atom is 0.261 e. The van der Waals surface area contributed by atoms with Gasteiger partial charge in [0.2, 0.25) is 11.3 Å². The average molecular weight is 597 g/mol. The molecule has 0 saturated carbocycles. The van der Waals surface area contributed by atoms with Gasteiger partial charge in [-0.1, -0.05) is 29.8 Å². The summed E-state index contributed by atoms with van der Waals surface area (Å²) in [6.07, 6.45) is 2.78. The van der Waals surface area contributed by atoms with E-state index < -0.39 is 17.2 Å². The van der Waals surface area contributed by atoms with Crippen LogP contribution in [-0.2, 0) is 0 Å². The standard InChI is InChI=1S/C32H22ClFN4O5/c1-41-28-14-22-26(15-29(28)42-2)35-17-36-32(22)43-20-7-5-6-18(12-20)37-31(40)23-16-38(19-10-11-25(34)24(33)13-19)27-9-4-3-8-21(27)30(23)39/h3-17H,1-2H3,(H,37,40). The number of carbonyl (C=O) groups excluding carboxylic acids is 1. The van der Waals surface area contributed by atoms with Gasteiger partial charge in [-0.25, -0.2) is 14.4 Å². The van der Waals surface area contributed by atoms with Gasteiger partial charge in [0.1, 0.15) is 23.5 Å². The molecular weight excluding hydrogens is 575 g/mol. The highest BCUT2D eigenvalue weighted by molar-refractivity contribution is 6.30. The van der Waals surface area contributed by atoms with Gasteiger partial charge in [0.25, 0.3) is 5.91 Å². The highest BCUT2D eigenvalue weighted by Crippen LogP contribution is 2.36. The Labute approximate surface area is 249 Å². The number of benzene rings is 4. The Morgan fingerprint density at radius 2 is 1.70 bits per heavy atom. The van der Waals surface area contributed by atoms with Gasteiger partial charge >= 0.3 is 0 Å². The Morgan fingerprint density at radius 1 is 0.907 bits per heavy atom. The monoisotopic (exact) mass is 596 g/mol. The highest BCUT2D eigenvalue weighted by atomic mass is 35.5. The van der Waals surface area contributed by atoms with Crippen LogP contribution < -0.4 is 25.0 Å². The predicted octanol–water partition coefficient (Wildman–Crippen LogP) is 6.79. The van der Waals surface area contributed by atoms with E-state index in [0.29, 0.717) is 50.4 Å². The second-order valence-corrected chi connectivity index (χ2v) is 9.75. The fourth-order valence-corrected chi connectivity index (χ4v) is 4.85. The van der Waals surface area contributed by atoms with Gasteiger partial charge in [-0.05, 0) is 48.5 Å². The van der Waals surface area contributed by atoms with Crippen molar-refractivity contribution in [1.29, 1.82) is 0 Å². The Hall–Kier alpha value is -5.48. The van der Waals surface area contributed by atoms with Gasteiger partial charge in [-0.15, -0.1) is 0 Å². The molecule has 1 N–H and O–H groups in total. The lowest BCUT2D eigenvalue weighted by atomic mass is 10.1. The van der Waals surface area contributed by atoms with E-state index in [0.717, 1.165) is 0 Å². The van der Waals surface area contributed by atoms with E-state index in [-0.39, 0.29) is 16.5 Å². The van der Waals surface area contributed by atoms with Gasteiger partial charge in [-0.2, -0.15) is 0 Å². The topological polar surface area (TPSA) is 105 Å². The third-order valence-corrected chi connectivity index (χ3v) is 7.04. The van der Waals surface area contributed by atoms with Crippen molar-refractivity contribution < 1.29 is 23.4 Å².